The van der Waals surface area contributed by atoms with Crippen LogP contribution in [-0.2, 0) is 16.0 Å². The summed E-state index contributed by atoms with van der Waals surface area (Å²) in [5.41, 5.74) is 1.14. The van der Waals surface area contributed by atoms with E-state index in [0.29, 0.717) is 42.3 Å². The van der Waals surface area contributed by atoms with Gasteiger partial charge in [0.05, 0.1) is 12.0 Å². The van der Waals surface area contributed by atoms with Gasteiger partial charge in [0.2, 0.25) is 5.91 Å². The van der Waals surface area contributed by atoms with Gasteiger partial charge in [0.15, 0.2) is 5.78 Å². The Bertz CT molecular complexity index is 819. The summed E-state index contributed by atoms with van der Waals surface area (Å²) in [6, 6.07) is 7.39. The van der Waals surface area contributed by atoms with E-state index in [4.69, 9.17) is 11.6 Å². The molecule has 1 aromatic carbocycles. The SMILES string of the molecule is CC1(C)CC(=O)C(C=NCC2CCN(C(=O)Cc3ccc(Cl)cc3)CC2)=C(O)C1. The number of piperidine rings is 1. The molecule has 3 rings (SSSR count). The molecule has 1 aliphatic carbocycles. The number of aliphatic hydroxyl groups is 1. The van der Waals surface area contributed by atoms with E-state index in [1.807, 2.05) is 30.9 Å². The predicted octanol–water partition coefficient (Wildman–Crippen LogP) is 4.39. The van der Waals surface area contributed by atoms with Crippen LogP contribution in [0.25, 0.3) is 0 Å². The summed E-state index contributed by atoms with van der Waals surface area (Å²) in [5.74, 6) is 0.645. The van der Waals surface area contributed by atoms with E-state index < -0.39 is 0 Å². The summed E-state index contributed by atoms with van der Waals surface area (Å²) in [7, 11) is 0. The van der Waals surface area contributed by atoms with Crippen molar-refractivity contribution in [1.82, 2.24) is 4.90 Å². The van der Waals surface area contributed by atoms with Gasteiger partial charge in [-0.05, 0) is 41.9 Å². The fourth-order valence-corrected chi connectivity index (χ4v) is 4.12. The van der Waals surface area contributed by atoms with E-state index in [1.54, 1.807) is 18.3 Å². The lowest BCUT2D eigenvalue weighted by molar-refractivity contribution is -0.131. The normalized spacial score (nSPS) is 20.5. The van der Waals surface area contributed by atoms with E-state index in [9.17, 15) is 14.7 Å². The van der Waals surface area contributed by atoms with Crippen LogP contribution in [0.4, 0.5) is 0 Å². The maximum absolute atomic E-state index is 12.5. The molecule has 1 N–H and O–H groups in total. The number of rotatable bonds is 5. The molecule has 1 aromatic rings. The van der Waals surface area contributed by atoms with E-state index in [1.165, 1.54) is 0 Å². The van der Waals surface area contributed by atoms with Crippen molar-refractivity contribution >= 4 is 29.5 Å². The number of aliphatic imine (C=N–C) groups is 1. The Hall–Kier alpha value is -2.14. The Labute approximate surface area is 177 Å². The lowest BCUT2D eigenvalue weighted by Gasteiger charge is -2.31. The van der Waals surface area contributed by atoms with E-state index in [-0.39, 0.29) is 22.9 Å². The first-order valence-corrected chi connectivity index (χ1v) is 10.6. The topological polar surface area (TPSA) is 70.0 Å². The van der Waals surface area contributed by atoms with E-state index >= 15 is 0 Å². The van der Waals surface area contributed by atoms with Crippen LogP contribution >= 0.6 is 11.6 Å². The quantitative estimate of drug-likeness (QED) is 0.723. The van der Waals surface area contributed by atoms with Crippen molar-refractivity contribution in [2.24, 2.45) is 16.3 Å². The molecule has 0 saturated carbocycles. The van der Waals surface area contributed by atoms with Gasteiger partial charge in [-0.1, -0.05) is 37.6 Å². The molecule has 1 aliphatic heterocycles. The van der Waals surface area contributed by atoms with Gasteiger partial charge >= 0.3 is 0 Å². The lowest BCUT2D eigenvalue weighted by atomic mass is 9.77. The average Bonchev–Trinajstić information content (AvgIpc) is 2.65. The molecule has 1 amide bonds. The van der Waals surface area contributed by atoms with Crippen molar-refractivity contribution in [1.29, 1.82) is 0 Å². The van der Waals surface area contributed by atoms with Gasteiger partial charge in [-0.15, -0.1) is 0 Å². The largest absolute Gasteiger partial charge is 0.511 e. The number of nitrogens with zero attached hydrogens (tertiary/aromatic N) is 2. The predicted molar refractivity (Wildman–Crippen MR) is 115 cm³/mol. The van der Waals surface area contributed by atoms with Crippen LogP contribution in [-0.4, -0.2) is 47.5 Å². The third-order valence-corrected chi connectivity index (χ3v) is 5.97. The minimum Gasteiger partial charge on any atom is -0.511 e. The number of carbonyl (C=O) groups is 2. The van der Waals surface area contributed by atoms with Crippen LogP contribution in [0.1, 0.15) is 45.1 Å². The van der Waals surface area contributed by atoms with Crippen LogP contribution in [0.5, 0.6) is 0 Å². The summed E-state index contributed by atoms with van der Waals surface area (Å²) >= 11 is 5.89. The molecule has 156 valence electrons. The molecular formula is C23H29ClN2O3. The second-order valence-corrected chi connectivity index (χ2v) is 9.36. The number of Topliss-reactive ketones (excluding diaryl/α,β-unsaturated/α-hetero) is 1. The first kappa shape index (κ1) is 21.6. The van der Waals surface area contributed by atoms with Crippen LogP contribution in [0.3, 0.4) is 0 Å². The minimum atomic E-state index is -0.191. The number of benzene rings is 1. The molecule has 0 unspecified atom stereocenters. The molecule has 0 spiro atoms. The summed E-state index contributed by atoms with van der Waals surface area (Å²) in [5, 5.41) is 10.8. The molecule has 1 fully saturated rings. The standard InChI is InChI=1S/C23H29ClN2O3/c1-23(2)12-20(27)19(21(28)13-23)15-25-14-17-7-9-26(10-8-17)22(29)11-16-3-5-18(24)6-4-16/h3-6,15,17,27H,7-14H2,1-2H3. The number of allylic oxidation sites excluding steroid dienone is 2. The first-order chi connectivity index (χ1) is 13.7. The van der Waals surface area contributed by atoms with Crippen LogP contribution in [0, 0.1) is 11.3 Å². The molecule has 0 radical (unpaired) electrons. The second-order valence-electron chi connectivity index (χ2n) is 8.92. The van der Waals surface area contributed by atoms with Crippen molar-refractivity contribution in [2.75, 3.05) is 19.6 Å². The van der Waals surface area contributed by atoms with Gasteiger partial charge in [-0.3, -0.25) is 14.6 Å². The number of likely N-dealkylation sites (tertiary alicyclic amines) is 1. The number of amides is 1. The Morgan fingerprint density at radius 3 is 2.52 bits per heavy atom. The third kappa shape index (κ3) is 5.92. The van der Waals surface area contributed by atoms with Gasteiger partial charge < -0.3 is 10.0 Å². The molecule has 6 heteroatoms. The highest BCUT2D eigenvalue weighted by Gasteiger charge is 2.32. The van der Waals surface area contributed by atoms with Crippen molar-refractivity contribution < 1.29 is 14.7 Å². The molecule has 1 saturated heterocycles. The molecule has 29 heavy (non-hydrogen) atoms. The highest BCUT2D eigenvalue weighted by molar-refractivity contribution is 6.30. The fourth-order valence-electron chi connectivity index (χ4n) is 4.00. The zero-order valence-corrected chi connectivity index (χ0v) is 17.9. The maximum Gasteiger partial charge on any atom is 0.226 e. The van der Waals surface area contributed by atoms with Crippen molar-refractivity contribution in [2.45, 2.75) is 46.0 Å². The molecule has 2 aliphatic rings. The summed E-state index contributed by atoms with van der Waals surface area (Å²) in [4.78, 5) is 31.1. The summed E-state index contributed by atoms with van der Waals surface area (Å²) < 4.78 is 0. The molecular weight excluding hydrogens is 388 g/mol. The van der Waals surface area contributed by atoms with Crippen LogP contribution in [0.2, 0.25) is 5.02 Å². The van der Waals surface area contributed by atoms with Crippen LogP contribution in [0.15, 0.2) is 40.6 Å². The van der Waals surface area contributed by atoms with Crippen molar-refractivity contribution in [3.63, 3.8) is 0 Å². The van der Waals surface area contributed by atoms with Gasteiger partial charge in [-0.2, -0.15) is 0 Å². The molecule has 0 atom stereocenters. The summed E-state index contributed by atoms with van der Waals surface area (Å²) in [6.07, 6.45) is 4.68. The monoisotopic (exact) mass is 416 g/mol. The Balaban J connectivity index is 1.46. The zero-order chi connectivity index (χ0) is 21.0. The van der Waals surface area contributed by atoms with E-state index in [0.717, 1.165) is 31.5 Å². The number of aliphatic hydroxyl groups excluding tert-OH is 1. The van der Waals surface area contributed by atoms with Crippen molar-refractivity contribution in [3.8, 4) is 0 Å². The van der Waals surface area contributed by atoms with Gasteiger partial charge in [0.1, 0.15) is 5.76 Å². The fraction of sp³-hybridized carbons (Fsp3) is 0.522. The molecule has 0 bridgehead atoms. The average molecular weight is 417 g/mol. The molecule has 0 aromatic heterocycles. The van der Waals surface area contributed by atoms with Gasteiger partial charge in [0, 0.05) is 43.7 Å². The highest BCUT2D eigenvalue weighted by atomic mass is 35.5. The third-order valence-electron chi connectivity index (χ3n) is 5.72. The van der Waals surface area contributed by atoms with Crippen LogP contribution < -0.4 is 0 Å². The maximum atomic E-state index is 12.5. The molecule has 5 nitrogen and oxygen atoms in total. The van der Waals surface area contributed by atoms with E-state index in [2.05, 4.69) is 4.99 Å². The highest BCUT2D eigenvalue weighted by Crippen LogP contribution is 2.35. The number of hydrogen-bond acceptors (Lipinski definition) is 4. The van der Waals surface area contributed by atoms with Gasteiger partial charge in [-0.25, -0.2) is 0 Å². The minimum absolute atomic E-state index is 0.0369. The number of carbonyl (C=O) groups excluding carboxylic acids is 2. The summed E-state index contributed by atoms with van der Waals surface area (Å²) in [6.45, 7) is 6.04. The molecule has 1 heterocycles. The van der Waals surface area contributed by atoms with Gasteiger partial charge in [0.25, 0.3) is 0 Å². The Morgan fingerprint density at radius 2 is 1.90 bits per heavy atom. The Kier molecular flexibility index (Phi) is 6.78. The lowest BCUT2D eigenvalue weighted by Crippen LogP contribution is -2.39. The van der Waals surface area contributed by atoms with Crippen molar-refractivity contribution in [3.05, 3.63) is 46.2 Å². The smallest absolute Gasteiger partial charge is 0.226 e. The number of halogens is 1. The second kappa shape index (κ2) is 9.12. The first-order valence-electron chi connectivity index (χ1n) is 10.2. The zero-order valence-electron chi connectivity index (χ0n) is 17.2. The number of hydrogen-bond donors (Lipinski definition) is 1. The number of ketones is 1. The Morgan fingerprint density at radius 1 is 1.24 bits per heavy atom.